The molecular formula is C13H14N2O3. The minimum absolute atomic E-state index is 0.147. The van der Waals surface area contributed by atoms with Crippen LogP contribution in [0.15, 0.2) is 30.5 Å². The van der Waals surface area contributed by atoms with Gasteiger partial charge in [-0.25, -0.2) is 0 Å². The Hall–Kier alpha value is -2.30. The van der Waals surface area contributed by atoms with E-state index in [4.69, 9.17) is 9.47 Å². The predicted molar refractivity (Wildman–Crippen MR) is 66.2 cm³/mol. The number of aromatic nitrogens is 2. The van der Waals surface area contributed by atoms with Crippen LogP contribution in [0.3, 0.4) is 0 Å². The van der Waals surface area contributed by atoms with Crippen LogP contribution in [0, 0.1) is 0 Å². The average molecular weight is 246 g/mol. The summed E-state index contributed by atoms with van der Waals surface area (Å²) in [5.74, 6) is 0.822. The van der Waals surface area contributed by atoms with E-state index in [1.165, 1.54) is 18.9 Å². The van der Waals surface area contributed by atoms with Crippen LogP contribution in [0.25, 0.3) is 0 Å². The van der Waals surface area contributed by atoms with Gasteiger partial charge in [0.15, 0.2) is 11.5 Å². The topological polar surface area (TPSA) is 53.3 Å². The van der Waals surface area contributed by atoms with E-state index in [2.05, 4.69) is 5.10 Å². The standard InChI is InChI=1S/C13H14N2O3/c1-15-10(7-8-14-15)12(16)9-5-4-6-11(17-2)13(9)18-3/h4-8H,1-3H3. The summed E-state index contributed by atoms with van der Waals surface area (Å²) in [6.07, 6.45) is 1.58. The maximum atomic E-state index is 12.4. The molecule has 18 heavy (non-hydrogen) atoms. The van der Waals surface area contributed by atoms with E-state index < -0.39 is 0 Å². The summed E-state index contributed by atoms with van der Waals surface area (Å²) in [5, 5.41) is 3.99. The number of para-hydroxylation sites is 1. The number of ketones is 1. The van der Waals surface area contributed by atoms with Crippen molar-refractivity contribution < 1.29 is 14.3 Å². The average Bonchev–Trinajstić information content (AvgIpc) is 2.83. The second-order valence-corrected chi connectivity index (χ2v) is 3.71. The van der Waals surface area contributed by atoms with Crippen LogP contribution in [0.4, 0.5) is 0 Å². The largest absolute Gasteiger partial charge is 0.493 e. The zero-order chi connectivity index (χ0) is 13.1. The van der Waals surface area contributed by atoms with Crippen molar-refractivity contribution >= 4 is 5.78 Å². The summed E-state index contributed by atoms with van der Waals surface area (Å²) < 4.78 is 12.0. The minimum Gasteiger partial charge on any atom is -0.493 e. The van der Waals surface area contributed by atoms with Crippen LogP contribution in [-0.4, -0.2) is 29.8 Å². The van der Waals surface area contributed by atoms with E-state index >= 15 is 0 Å². The first-order valence-electron chi connectivity index (χ1n) is 5.42. The van der Waals surface area contributed by atoms with Crippen LogP contribution in [-0.2, 0) is 7.05 Å². The summed E-state index contributed by atoms with van der Waals surface area (Å²) in [5.41, 5.74) is 0.960. The number of carbonyl (C=O) groups is 1. The van der Waals surface area contributed by atoms with Gasteiger partial charge in [0.05, 0.1) is 19.8 Å². The second kappa shape index (κ2) is 4.91. The summed E-state index contributed by atoms with van der Waals surface area (Å²) >= 11 is 0. The lowest BCUT2D eigenvalue weighted by Gasteiger charge is -2.11. The molecule has 0 aliphatic carbocycles. The van der Waals surface area contributed by atoms with Crippen molar-refractivity contribution in [3.05, 3.63) is 41.7 Å². The first-order valence-corrected chi connectivity index (χ1v) is 5.42. The van der Waals surface area contributed by atoms with Gasteiger partial charge >= 0.3 is 0 Å². The zero-order valence-electron chi connectivity index (χ0n) is 10.5. The summed E-state index contributed by atoms with van der Waals surface area (Å²) in [6.45, 7) is 0. The van der Waals surface area contributed by atoms with Crippen molar-refractivity contribution in [2.24, 2.45) is 7.05 Å². The quantitative estimate of drug-likeness (QED) is 0.770. The van der Waals surface area contributed by atoms with Crippen LogP contribution in [0.2, 0.25) is 0 Å². The normalized spacial score (nSPS) is 10.2. The Bertz CT molecular complexity index is 575. The molecule has 0 bridgehead atoms. The molecule has 0 unspecified atom stereocenters. The van der Waals surface area contributed by atoms with Crippen molar-refractivity contribution in [1.29, 1.82) is 0 Å². The molecule has 0 saturated heterocycles. The maximum Gasteiger partial charge on any atom is 0.214 e. The predicted octanol–water partition coefficient (Wildman–Crippen LogP) is 1.67. The Balaban J connectivity index is 2.52. The summed E-state index contributed by atoms with van der Waals surface area (Å²) in [6, 6.07) is 6.88. The third-order valence-corrected chi connectivity index (χ3v) is 2.70. The highest BCUT2D eigenvalue weighted by atomic mass is 16.5. The van der Waals surface area contributed by atoms with E-state index in [-0.39, 0.29) is 5.78 Å². The molecule has 5 heteroatoms. The SMILES string of the molecule is COc1cccc(C(=O)c2ccnn2C)c1OC. The highest BCUT2D eigenvalue weighted by Crippen LogP contribution is 2.31. The first-order chi connectivity index (χ1) is 8.69. The fraction of sp³-hybridized carbons (Fsp3) is 0.231. The zero-order valence-corrected chi connectivity index (χ0v) is 10.5. The van der Waals surface area contributed by atoms with E-state index in [9.17, 15) is 4.79 Å². The number of methoxy groups -OCH3 is 2. The van der Waals surface area contributed by atoms with Gasteiger partial charge < -0.3 is 9.47 Å². The molecule has 2 rings (SSSR count). The number of rotatable bonds is 4. The third-order valence-electron chi connectivity index (χ3n) is 2.70. The molecule has 0 aliphatic rings. The number of hydrogen-bond acceptors (Lipinski definition) is 4. The molecule has 0 amide bonds. The maximum absolute atomic E-state index is 12.4. The molecule has 1 aromatic heterocycles. The molecule has 0 spiro atoms. The number of carbonyl (C=O) groups excluding carboxylic acids is 1. The Morgan fingerprint density at radius 2 is 2.00 bits per heavy atom. The Morgan fingerprint density at radius 3 is 2.56 bits per heavy atom. The van der Waals surface area contributed by atoms with E-state index in [0.717, 1.165) is 0 Å². The molecule has 1 heterocycles. The fourth-order valence-electron chi connectivity index (χ4n) is 1.80. The van der Waals surface area contributed by atoms with Gasteiger partial charge in [-0.15, -0.1) is 0 Å². The van der Waals surface area contributed by atoms with Gasteiger partial charge in [0.2, 0.25) is 5.78 Å². The molecule has 1 aromatic carbocycles. The smallest absolute Gasteiger partial charge is 0.214 e. The number of nitrogens with zero attached hydrogens (tertiary/aromatic N) is 2. The van der Waals surface area contributed by atoms with Crippen molar-refractivity contribution in [2.45, 2.75) is 0 Å². The molecule has 5 nitrogen and oxygen atoms in total. The van der Waals surface area contributed by atoms with Gasteiger partial charge in [-0.05, 0) is 18.2 Å². The van der Waals surface area contributed by atoms with Crippen molar-refractivity contribution in [3.8, 4) is 11.5 Å². The van der Waals surface area contributed by atoms with E-state index in [1.54, 1.807) is 37.5 Å². The summed E-state index contributed by atoms with van der Waals surface area (Å²) in [7, 11) is 4.77. The van der Waals surface area contributed by atoms with Crippen LogP contribution in [0.5, 0.6) is 11.5 Å². The lowest BCUT2D eigenvalue weighted by atomic mass is 10.1. The summed E-state index contributed by atoms with van der Waals surface area (Å²) in [4.78, 5) is 12.4. The van der Waals surface area contributed by atoms with Crippen LogP contribution >= 0.6 is 0 Å². The molecule has 0 fully saturated rings. The number of hydrogen-bond donors (Lipinski definition) is 0. The molecule has 0 aliphatic heterocycles. The highest BCUT2D eigenvalue weighted by Gasteiger charge is 2.19. The Kier molecular flexibility index (Phi) is 3.32. The molecule has 0 N–H and O–H groups in total. The number of benzene rings is 1. The monoisotopic (exact) mass is 246 g/mol. The van der Waals surface area contributed by atoms with E-state index in [0.29, 0.717) is 22.8 Å². The Labute approximate surface area is 105 Å². The van der Waals surface area contributed by atoms with Crippen molar-refractivity contribution in [2.75, 3.05) is 14.2 Å². The third kappa shape index (κ3) is 1.95. The molecule has 0 saturated carbocycles. The molecular weight excluding hydrogens is 232 g/mol. The highest BCUT2D eigenvalue weighted by molar-refractivity contribution is 6.10. The van der Waals surface area contributed by atoms with Gasteiger partial charge in [0, 0.05) is 13.2 Å². The lowest BCUT2D eigenvalue weighted by Crippen LogP contribution is -2.10. The van der Waals surface area contributed by atoms with Crippen LogP contribution < -0.4 is 9.47 Å². The van der Waals surface area contributed by atoms with Gasteiger partial charge in [0.1, 0.15) is 5.69 Å². The number of aryl methyl sites for hydroxylation is 1. The fourth-order valence-corrected chi connectivity index (χ4v) is 1.80. The van der Waals surface area contributed by atoms with E-state index in [1.807, 2.05) is 0 Å². The van der Waals surface area contributed by atoms with Gasteiger partial charge in [-0.1, -0.05) is 6.07 Å². The second-order valence-electron chi connectivity index (χ2n) is 3.71. The van der Waals surface area contributed by atoms with Gasteiger partial charge in [-0.3, -0.25) is 9.48 Å². The molecule has 0 radical (unpaired) electrons. The molecule has 94 valence electrons. The number of ether oxygens (including phenoxy) is 2. The lowest BCUT2D eigenvalue weighted by molar-refractivity contribution is 0.102. The van der Waals surface area contributed by atoms with Gasteiger partial charge in [0.25, 0.3) is 0 Å². The molecule has 0 atom stereocenters. The van der Waals surface area contributed by atoms with Crippen molar-refractivity contribution in [1.82, 2.24) is 9.78 Å². The molecule has 2 aromatic rings. The van der Waals surface area contributed by atoms with Crippen LogP contribution in [0.1, 0.15) is 16.1 Å². The first kappa shape index (κ1) is 12.2. The Morgan fingerprint density at radius 1 is 1.22 bits per heavy atom. The minimum atomic E-state index is -0.147. The van der Waals surface area contributed by atoms with Gasteiger partial charge in [-0.2, -0.15) is 5.10 Å². The van der Waals surface area contributed by atoms with Crippen molar-refractivity contribution in [3.63, 3.8) is 0 Å².